The molecule has 0 bridgehead atoms. The fraction of sp³-hybridized carbons (Fsp3) is 0.360. The summed E-state index contributed by atoms with van der Waals surface area (Å²) in [7, 11) is 3.32. The van der Waals surface area contributed by atoms with Crippen molar-refractivity contribution in [3.63, 3.8) is 0 Å². The number of fused-ring (bicyclic) bond motifs is 1. The van der Waals surface area contributed by atoms with Crippen LogP contribution in [0.4, 0.5) is 5.13 Å². The number of rotatable bonds is 9. The van der Waals surface area contributed by atoms with Crippen LogP contribution >= 0.6 is 11.3 Å². The van der Waals surface area contributed by atoms with E-state index in [0.717, 1.165) is 54.6 Å². The maximum atomic E-state index is 12.4. The Hall–Kier alpha value is -3.10. The van der Waals surface area contributed by atoms with Crippen LogP contribution in [0.2, 0.25) is 0 Å². The van der Waals surface area contributed by atoms with E-state index in [1.165, 1.54) is 22.5 Å². The Morgan fingerprint density at radius 3 is 2.55 bits per heavy atom. The molecule has 1 aliphatic rings. The number of hydrogen-bond acceptors (Lipinski definition) is 7. The number of methoxy groups -OCH3 is 2. The number of thiazole rings is 1. The van der Waals surface area contributed by atoms with Gasteiger partial charge in [0.05, 0.1) is 32.9 Å². The molecule has 1 amide bonds. The molecule has 0 saturated heterocycles. The van der Waals surface area contributed by atoms with E-state index in [4.69, 9.17) is 14.2 Å². The molecule has 1 aliphatic heterocycles. The Morgan fingerprint density at radius 2 is 1.85 bits per heavy atom. The van der Waals surface area contributed by atoms with Crippen LogP contribution in [-0.2, 0) is 30.7 Å². The van der Waals surface area contributed by atoms with Crippen LogP contribution in [0.5, 0.6) is 17.2 Å². The summed E-state index contributed by atoms with van der Waals surface area (Å²) >= 11 is 1.46. The van der Waals surface area contributed by atoms with Crippen molar-refractivity contribution in [2.75, 3.05) is 32.7 Å². The van der Waals surface area contributed by atoms with Gasteiger partial charge in [-0.3, -0.25) is 9.69 Å². The molecule has 0 radical (unpaired) electrons. The molecule has 1 N–H and O–H groups in total. The van der Waals surface area contributed by atoms with Crippen LogP contribution in [0, 0.1) is 0 Å². The summed E-state index contributed by atoms with van der Waals surface area (Å²) in [4.78, 5) is 19.4. The van der Waals surface area contributed by atoms with Gasteiger partial charge >= 0.3 is 0 Å². The molecule has 174 valence electrons. The molecule has 0 fully saturated rings. The van der Waals surface area contributed by atoms with Crippen LogP contribution in [-0.4, -0.2) is 43.2 Å². The van der Waals surface area contributed by atoms with Gasteiger partial charge in [-0.25, -0.2) is 4.98 Å². The lowest BCUT2D eigenvalue weighted by molar-refractivity contribution is -0.115. The standard InChI is InChI=1S/C25H29N3O4S/c1-4-32-21-7-5-17(6-8-21)11-24(29)27-25-26-20(16-33-25)15-28-10-9-18-12-22(30-2)23(31-3)13-19(18)14-28/h5-8,12-13,16H,4,9-11,14-15H2,1-3H3,(H,26,27,29). The molecular weight excluding hydrogens is 438 g/mol. The van der Waals surface area contributed by atoms with Gasteiger partial charge in [-0.05, 0) is 54.3 Å². The van der Waals surface area contributed by atoms with Gasteiger partial charge in [-0.2, -0.15) is 0 Å². The number of hydrogen-bond donors (Lipinski definition) is 1. The summed E-state index contributed by atoms with van der Waals surface area (Å²) in [5, 5.41) is 5.56. The predicted molar refractivity (Wildman–Crippen MR) is 129 cm³/mol. The van der Waals surface area contributed by atoms with Gasteiger partial charge in [-0.1, -0.05) is 12.1 Å². The van der Waals surface area contributed by atoms with Gasteiger partial charge in [0.25, 0.3) is 0 Å². The fourth-order valence-electron chi connectivity index (χ4n) is 3.96. The first-order valence-electron chi connectivity index (χ1n) is 11.0. The molecule has 3 aromatic rings. The van der Waals surface area contributed by atoms with Gasteiger partial charge < -0.3 is 19.5 Å². The number of anilines is 1. The minimum absolute atomic E-state index is 0.0759. The first-order chi connectivity index (χ1) is 16.1. The lowest BCUT2D eigenvalue weighted by atomic mass is 9.98. The molecule has 0 atom stereocenters. The van der Waals surface area contributed by atoms with Crippen molar-refractivity contribution in [1.29, 1.82) is 0 Å². The lowest BCUT2D eigenvalue weighted by Gasteiger charge is -2.29. The minimum Gasteiger partial charge on any atom is -0.494 e. The second-order valence-corrected chi connectivity index (χ2v) is 8.74. The van der Waals surface area contributed by atoms with Crippen molar-refractivity contribution in [1.82, 2.24) is 9.88 Å². The van der Waals surface area contributed by atoms with Gasteiger partial charge in [0.1, 0.15) is 5.75 Å². The molecule has 2 aromatic carbocycles. The molecular formula is C25H29N3O4S. The molecule has 7 nitrogen and oxygen atoms in total. The maximum absolute atomic E-state index is 12.4. The van der Waals surface area contributed by atoms with E-state index in [2.05, 4.69) is 27.3 Å². The van der Waals surface area contributed by atoms with Crippen molar-refractivity contribution < 1.29 is 19.0 Å². The van der Waals surface area contributed by atoms with Crippen LogP contribution in [0.3, 0.4) is 0 Å². The monoisotopic (exact) mass is 467 g/mol. The molecule has 1 aromatic heterocycles. The van der Waals surface area contributed by atoms with E-state index in [1.807, 2.05) is 36.6 Å². The summed E-state index contributed by atoms with van der Waals surface area (Å²) in [5.41, 5.74) is 4.44. The molecule has 2 heterocycles. The highest BCUT2D eigenvalue weighted by Gasteiger charge is 2.20. The number of carbonyl (C=O) groups is 1. The molecule has 8 heteroatoms. The molecule has 0 aliphatic carbocycles. The number of nitrogens with one attached hydrogen (secondary N) is 1. The Morgan fingerprint density at radius 1 is 1.12 bits per heavy atom. The van der Waals surface area contributed by atoms with Crippen molar-refractivity contribution >= 4 is 22.4 Å². The summed E-state index contributed by atoms with van der Waals surface area (Å²) in [6.07, 6.45) is 1.25. The highest BCUT2D eigenvalue weighted by Crippen LogP contribution is 2.33. The average molecular weight is 468 g/mol. The topological polar surface area (TPSA) is 72.9 Å². The summed E-state index contributed by atoms with van der Waals surface area (Å²) in [6, 6.07) is 11.7. The van der Waals surface area contributed by atoms with E-state index in [1.54, 1.807) is 14.2 Å². The van der Waals surface area contributed by atoms with E-state index in [9.17, 15) is 4.79 Å². The van der Waals surface area contributed by atoms with Gasteiger partial charge in [0, 0.05) is 25.0 Å². The Labute approximate surface area is 198 Å². The number of aromatic nitrogens is 1. The summed E-state index contributed by atoms with van der Waals surface area (Å²) in [6.45, 7) is 5.08. The average Bonchev–Trinajstić information content (AvgIpc) is 3.25. The van der Waals surface area contributed by atoms with Gasteiger partial charge in [0.2, 0.25) is 5.91 Å². The van der Waals surface area contributed by atoms with Gasteiger partial charge in [0.15, 0.2) is 16.6 Å². The zero-order chi connectivity index (χ0) is 23.2. The van der Waals surface area contributed by atoms with E-state index >= 15 is 0 Å². The molecule has 33 heavy (non-hydrogen) atoms. The quantitative estimate of drug-likeness (QED) is 0.506. The van der Waals surface area contributed by atoms with Crippen LogP contribution < -0.4 is 19.5 Å². The Kier molecular flexibility index (Phi) is 7.47. The number of ether oxygens (including phenoxy) is 3. The lowest BCUT2D eigenvalue weighted by Crippen LogP contribution is -2.30. The van der Waals surface area contributed by atoms with Gasteiger partial charge in [-0.15, -0.1) is 11.3 Å². The minimum atomic E-state index is -0.0759. The molecule has 4 rings (SSSR count). The fourth-order valence-corrected chi connectivity index (χ4v) is 4.68. The maximum Gasteiger partial charge on any atom is 0.230 e. The smallest absolute Gasteiger partial charge is 0.230 e. The number of carbonyl (C=O) groups excluding carboxylic acids is 1. The van der Waals surface area contributed by atoms with Crippen LogP contribution in [0.15, 0.2) is 41.8 Å². The zero-order valence-electron chi connectivity index (χ0n) is 19.2. The predicted octanol–water partition coefficient (Wildman–Crippen LogP) is 4.30. The Balaban J connectivity index is 1.32. The van der Waals surface area contributed by atoms with E-state index < -0.39 is 0 Å². The third-order valence-corrected chi connectivity index (χ3v) is 6.39. The molecule has 0 saturated carbocycles. The highest BCUT2D eigenvalue weighted by atomic mass is 32.1. The summed E-state index contributed by atoms with van der Waals surface area (Å²) in [5.74, 6) is 2.26. The van der Waals surface area contributed by atoms with Crippen molar-refractivity contribution in [2.45, 2.75) is 32.9 Å². The number of amides is 1. The van der Waals surface area contributed by atoms with Crippen LogP contribution in [0.25, 0.3) is 0 Å². The SMILES string of the molecule is CCOc1ccc(CC(=O)Nc2nc(CN3CCc4cc(OC)c(OC)cc4C3)cs2)cc1. The molecule has 0 spiro atoms. The van der Waals surface area contributed by atoms with Crippen molar-refractivity contribution in [3.05, 3.63) is 64.2 Å². The molecule has 0 unspecified atom stereocenters. The summed E-state index contributed by atoms with van der Waals surface area (Å²) < 4.78 is 16.3. The third-order valence-electron chi connectivity index (χ3n) is 5.58. The zero-order valence-corrected chi connectivity index (χ0v) is 20.0. The first kappa shape index (κ1) is 23.1. The number of nitrogens with zero attached hydrogens (tertiary/aromatic N) is 2. The highest BCUT2D eigenvalue weighted by molar-refractivity contribution is 7.13. The largest absolute Gasteiger partial charge is 0.494 e. The third kappa shape index (κ3) is 5.83. The van der Waals surface area contributed by atoms with Crippen molar-refractivity contribution in [2.24, 2.45) is 0 Å². The Bertz CT molecular complexity index is 1100. The number of benzene rings is 2. The normalized spacial score (nSPS) is 13.3. The van der Waals surface area contributed by atoms with Crippen LogP contribution in [0.1, 0.15) is 29.3 Å². The second-order valence-electron chi connectivity index (χ2n) is 7.88. The van der Waals surface area contributed by atoms with E-state index in [-0.39, 0.29) is 5.91 Å². The van der Waals surface area contributed by atoms with E-state index in [0.29, 0.717) is 18.2 Å². The first-order valence-corrected chi connectivity index (χ1v) is 11.9. The van der Waals surface area contributed by atoms with Crippen molar-refractivity contribution in [3.8, 4) is 17.2 Å². The second kappa shape index (κ2) is 10.7.